The predicted molar refractivity (Wildman–Crippen MR) is 72.7 cm³/mol. The first kappa shape index (κ1) is 16.1. The molecule has 0 saturated carbocycles. The van der Waals surface area contributed by atoms with Crippen LogP contribution in [0, 0.1) is 5.95 Å². The van der Waals surface area contributed by atoms with E-state index in [0.717, 1.165) is 18.4 Å². The van der Waals surface area contributed by atoms with Crippen LogP contribution >= 0.6 is 0 Å². The van der Waals surface area contributed by atoms with Crippen molar-refractivity contribution in [3.8, 4) is 0 Å². The van der Waals surface area contributed by atoms with E-state index in [1.165, 1.54) is 25.3 Å². The molecular formula is C15H26FN. The first-order chi connectivity index (χ1) is 8.15. The summed E-state index contributed by atoms with van der Waals surface area (Å²) >= 11 is 0. The van der Waals surface area contributed by atoms with E-state index >= 15 is 0 Å². The Morgan fingerprint density at radius 2 is 1.76 bits per heavy atom. The van der Waals surface area contributed by atoms with Crippen molar-refractivity contribution in [2.24, 2.45) is 0 Å². The molecule has 2 heteroatoms. The molecule has 1 aromatic rings. The van der Waals surface area contributed by atoms with Crippen molar-refractivity contribution < 1.29 is 4.39 Å². The third kappa shape index (κ3) is 7.89. The van der Waals surface area contributed by atoms with Crippen molar-refractivity contribution in [2.75, 3.05) is 0 Å². The van der Waals surface area contributed by atoms with Gasteiger partial charge in [-0.15, -0.1) is 0 Å². The normalized spacial score (nSPS) is 11.6. The largest absolute Gasteiger partial charge is 0.228 e. The second kappa shape index (κ2) is 10.2. The van der Waals surface area contributed by atoms with Crippen LogP contribution in [-0.2, 0) is 0 Å². The number of halogens is 1. The standard InChI is InChI=1S/C10H14FN.C5H12/c1-3-4-8(2)9-5-6-10(11)12-7-9;1-3-5-4-2/h5-8H,3-4H2,1-2H3;3-5H2,1-2H3. The van der Waals surface area contributed by atoms with E-state index in [-0.39, 0.29) is 0 Å². The molecule has 0 aliphatic carbocycles. The molecule has 1 heterocycles. The maximum atomic E-state index is 12.4. The molecule has 1 rings (SSSR count). The average Bonchev–Trinajstić information content (AvgIpc) is 2.32. The lowest BCUT2D eigenvalue weighted by Gasteiger charge is -2.08. The maximum absolute atomic E-state index is 12.4. The molecule has 1 aromatic heterocycles. The van der Waals surface area contributed by atoms with Gasteiger partial charge in [0.25, 0.3) is 0 Å². The Kier molecular flexibility index (Phi) is 9.69. The zero-order valence-electron chi connectivity index (χ0n) is 11.7. The summed E-state index contributed by atoms with van der Waals surface area (Å²) in [6, 6.07) is 3.23. The Hall–Kier alpha value is -0.920. The number of hydrogen-bond donors (Lipinski definition) is 0. The topological polar surface area (TPSA) is 12.9 Å². The van der Waals surface area contributed by atoms with Crippen LogP contribution in [0.1, 0.15) is 71.3 Å². The average molecular weight is 239 g/mol. The number of pyridine rings is 1. The third-order valence-electron chi connectivity index (χ3n) is 2.75. The summed E-state index contributed by atoms with van der Waals surface area (Å²) in [5.41, 5.74) is 1.12. The monoisotopic (exact) mass is 239 g/mol. The van der Waals surface area contributed by atoms with Crippen LogP contribution in [0.5, 0.6) is 0 Å². The highest BCUT2D eigenvalue weighted by molar-refractivity contribution is 5.13. The second-order valence-corrected chi connectivity index (χ2v) is 4.46. The Labute approximate surface area is 105 Å². The van der Waals surface area contributed by atoms with E-state index in [1.807, 2.05) is 6.07 Å². The van der Waals surface area contributed by atoms with E-state index < -0.39 is 5.95 Å². The summed E-state index contributed by atoms with van der Waals surface area (Å²) in [7, 11) is 0. The number of nitrogens with zero attached hydrogens (tertiary/aromatic N) is 1. The summed E-state index contributed by atoms with van der Waals surface area (Å²) in [6.45, 7) is 8.71. The molecule has 1 unspecified atom stereocenters. The van der Waals surface area contributed by atoms with Crippen LogP contribution in [0.15, 0.2) is 18.3 Å². The molecule has 0 bridgehead atoms. The van der Waals surface area contributed by atoms with Crippen molar-refractivity contribution in [3.05, 3.63) is 29.8 Å². The first-order valence-corrected chi connectivity index (χ1v) is 6.77. The summed E-state index contributed by atoms with van der Waals surface area (Å²) < 4.78 is 12.4. The summed E-state index contributed by atoms with van der Waals surface area (Å²) in [4.78, 5) is 3.62. The van der Waals surface area contributed by atoms with Gasteiger partial charge in [0.2, 0.25) is 5.95 Å². The van der Waals surface area contributed by atoms with Crippen LogP contribution < -0.4 is 0 Å². The SMILES string of the molecule is CCCC(C)c1ccc(F)nc1.CCCCC. The van der Waals surface area contributed by atoms with Gasteiger partial charge in [0.05, 0.1) is 0 Å². The molecule has 1 atom stereocenters. The minimum atomic E-state index is -0.401. The highest BCUT2D eigenvalue weighted by Gasteiger charge is 2.03. The molecule has 0 fully saturated rings. The fraction of sp³-hybridized carbons (Fsp3) is 0.667. The van der Waals surface area contributed by atoms with Gasteiger partial charge in [-0.1, -0.05) is 59.4 Å². The minimum Gasteiger partial charge on any atom is -0.228 e. The minimum absolute atomic E-state index is 0.401. The highest BCUT2D eigenvalue weighted by atomic mass is 19.1. The predicted octanol–water partition coefficient (Wildman–Crippen LogP) is 5.32. The van der Waals surface area contributed by atoms with Crippen LogP contribution in [-0.4, -0.2) is 4.98 Å². The fourth-order valence-corrected chi connectivity index (χ4v) is 1.63. The fourth-order valence-electron chi connectivity index (χ4n) is 1.63. The summed E-state index contributed by atoms with van der Waals surface area (Å²) in [5.74, 6) is 0.0885. The Bertz CT molecular complexity index is 267. The maximum Gasteiger partial charge on any atom is 0.212 e. The van der Waals surface area contributed by atoms with Gasteiger partial charge in [0.1, 0.15) is 0 Å². The second-order valence-electron chi connectivity index (χ2n) is 4.46. The first-order valence-electron chi connectivity index (χ1n) is 6.77. The molecule has 0 radical (unpaired) electrons. The van der Waals surface area contributed by atoms with Crippen LogP contribution in [0.2, 0.25) is 0 Å². The summed E-state index contributed by atoms with van der Waals surface area (Å²) in [5, 5.41) is 0. The van der Waals surface area contributed by atoms with Crippen molar-refractivity contribution in [3.63, 3.8) is 0 Å². The van der Waals surface area contributed by atoms with E-state index in [9.17, 15) is 4.39 Å². The summed E-state index contributed by atoms with van der Waals surface area (Å²) in [6.07, 6.45) is 7.98. The quantitative estimate of drug-likeness (QED) is 0.634. The van der Waals surface area contributed by atoms with Crippen LogP contribution in [0.4, 0.5) is 4.39 Å². The zero-order valence-corrected chi connectivity index (χ0v) is 11.7. The van der Waals surface area contributed by atoms with Crippen molar-refractivity contribution in [1.29, 1.82) is 0 Å². The molecule has 17 heavy (non-hydrogen) atoms. The van der Waals surface area contributed by atoms with Crippen molar-refractivity contribution in [2.45, 2.75) is 65.7 Å². The lowest BCUT2D eigenvalue weighted by Crippen LogP contribution is -1.94. The Balaban J connectivity index is 0.000000437. The Morgan fingerprint density at radius 3 is 2.12 bits per heavy atom. The zero-order chi connectivity index (χ0) is 13.1. The van der Waals surface area contributed by atoms with Crippen LogP contribution in [0.3, 0.4) is 0 Å². The third-order valence-corrected chi connectivity index (χ3v) is 2.75. The number of aromatic nitrogens is 1. The molecule has 1 nitrogen and oxygen atoms in total. The van der Waals surface area contributed by atoms with Gasteiger partial charge in [-0.3, -0.25) is 0 Å². The molecule has 0 spiro atoms. The number of hydrogen-bond acceptors (Lipinski definition) is 1. The molecule has 0 aliphatic heterocycles. The van der Waals surface area contributed by atoms with Gasteiger partial charge in [-0.25, -0.2) is 4.98 Å². The molecule has 98 valence electrons. The van der Waals surface area contributed by atoms with Crippen molar-refractivity contribution in [1.82, 2.24) is 4.98 Å². The van der Waals surface area contributed by atoms with E-state index in [4.69, 9.17) is 0 Å². The van der Waals surface area contributed by atoms with Crippen molar-refractivity contribution >= 4 is 0 Å². The molecular weight excluding hydrogens is 213 g/mol. The van der Waals surface area contributed by atoms with Gasteiger partial charge in [0, 0.05) is 6.20 Å². The van der Waals surface area contributed by atoms with Gasteiger partial charge in [0.15, 0.2) is 0 Å². The van der Waals surface area contributed by atoms with Gasteiger partial charge >= 0.3 is 0 Å². The van der Waals surface area contributed by atoms with Gasteiger partial charge in [-0.2, -0.15) is 4.39 Å². The molecule has 0 aromatic carbocycles. The molecule has 0 aliphatic rings. The Morgan fingerprint density at radius 1 is 1.12 bits per heavy atom. The molecule has 0 N–H and O–H groups in total. The lowest BCUT2D eigenvalue weighted by atomic mass is 9.98. The van der Waals surface area contributed by atoms with Gasteiger partial charge < -0.3 is 0 Å². The van der Waals surface area contributed by atoms with Crippen LogP contribution in [0.25, 0.3) is 0 Å². The van der Waals surface area contributed by atoms with E-state index in [0.29, 0.717) is 5.92 Å². The smallest absolute Gasteiger partial charge is 0.212 e. The van der Waals surface area contributed by atoms with E-state index in [1.54, 1.807) is 6.20 Å². The number of unbranched alkanes of at least 4 members (excludes halogenated alkanes) is 2. The number of rotatable bonds is 5. The molecule has 0 amide bonds. The molecule has 0 saturated heterocycles. The highest BCUT2D eigenvalue weighted by Crippen LogP contribution is 2.19. The lowest BCUT2D eigenvalue weighted by molar-refractivity contribution is 0.577. The van der Waals surface area contributed by atoms with Gasteiger partial charge in [-0.05, 0) is 24.0 Å². The van der Waals surface area contributed by atoms with E-state index in [2.05, 4.69) is 32.7 Å².